The van der Waals surface area contributed by atoms with Gasteiger partial charge in [0.25, 0.3) is 11.8 Å². The Hall–Kier alpha value is -3.21. The first-order valence-corrected chi connectivity index (χ1v) is 7.88. The molecule has 0 spiro atoms. The van der Waals surface area contributed by atoms with Crippen molar-refractivity contribution in [2.45, 2.75) is 18.9 Å². The molecule has 1 aliphatic heterocycles. The first-order valence-electron chi connectivity index (χ1n) is 7.88. The van der Waals surface area contributed by atoms with E-state index < -0.39 is 0 Å². The first-order chi connectivity index (χ1) is 12.2. The van der Waals surface area contributed by atoms with E-state index in [1.54, 1.807) is 17.0 Å². The van der Waals surface area contributed by atoms with Crippen molar-refractivity contribution in [3.8, 4) is 17.8 Å². The lowest BCUT2D eigenvalue weighted by Crippen LogP contribution is -2.44. The van der Waals surface area contributed by atoms with E-state index in [2.05, 4.69) is 15.0 Å². The molecular weight excluding hydrogens is 322 g/mol. The number of amides is 1. The minimum absolute atomic E-state index is 0.108. The molecular formula is C17H17N5O3. The van der Waals surface area contributed by atoms with Crippen LogP contribution in [-0.2, 0) is 0 Å². The zero-order valence-corrected chi connectivity index (χ0v) is 13.8. The largest absolute Gasteiger partial charge is 0.481 e. The number of nitriles is 1. The summed E-state index contributed by atoms with van der Waals surface area (Å²) >= 11 is 0. The molecule has 0 N–H and O–H groups in total. The summed E-state index contributed by atoms with van der Waals surface area (Å²) in [6.45, 7) is 1.07. The van der Waals surface area contributed by atoms with Gasteiger partial charge in [-0.05, 0) is 18.9 Å². The molecule has 8 heteroatoms. The number of piperidine rings is 1. The highest BCUT2D eigenvalue weighted by Crippen LogP contribution is 2.20. The minimum atomic E-state index is -0.229. The van der Waals surface area contributed by atoms with Gasteiger partial charge in [-0.2, -0.15) is 5.26 Å². The van der Waals surface area contributed by atoms with Crippen molar-refractivity contribution in [2.75, 3.05) is 20.2 Å². The van der Waals surface area contributed by atoms with Crippen molar-refractivity contribution in [3.05, 3.63) is 42.0 Å². The van der Waals surface area contributed by atoms with Gasteiger partial charge >= 0.3 is 0 Å². The number of rotatable bonds is 4. The second-order valence-corrected chi connectivity index (χ2v) is 5.54. The van der Waals surface area contributed by atoms with Crippen LogP contribution in [0, 0.1) is 11.3 Å². The molecule has 3 heterocycles. The van der Waals surface area contributed by atoms with Crippen molar-refractivity contribution < 1.29 is 14.3 Å². The summed E-state index contributed by atoms with van der Waals surface area (Å²) in [6.07, 6.45) is 5.78. The van der Waals surface area contributed by atoms with Gasteiger partial charge in [0.2, 0.25) is 11.6 Å². The molecule has 1 amide bonds. The predicted molar refractivity (Wildman–Crippen MR) is 87.1 cm³/mol. The number of pyridine rings is 1. The summed E-state index contributed by atoms with van der Waals surface area (Å²) in [6, 6.07) is 5.30. The van der Waals surface area contributed by atoms with Gasteiger partial charge in [0.05, 0.1) is 19.2 Å². The van der Waals surface area contributed by atoms with E-state index in [1.165, 1.54) is 25.7 Å². The van der Waals surface area contributed by atoms with Crippen LogP contribution in [0.3, 0.4) is 0 Å². The predicted octanol–water partition coefficient (Wildman–Crippen LogP) is 1.44. The molecule has 8 nitrogen and oxygen atoms in total. The molecule has 1 saturated heterocycles. The lowest BCUT2D eigenvalue weighted by Gasteiger charge is -2.32. The third-order valence-corrected chi connectivity index (χ3v) is 3.91. The lowest BCUT2D eigenvalue weighted by atomic mass is 10.1. The third-order valence-electron chi connectivity index (χ3n) is 3.91. The van der Waals surface area contributed by atoms with E-state index in [1.807, 2.05) is 6.07 Å². The van der Waals surface area contributed by atoms with Crippen LogP contribution in [-0.4, -0.2) is 52.1 Å². The molecule has 1 unspecified atom stereocenters. The van der Waals surface area contributed by atoms with Crippen molar-refractivity contribution in [1.29, 1.82) is 5.26 Å². The van der Waals surface area contributed by atoms with Crippen LogP contribution in [0.4, 0.5) is 0 Å². The van der Waals surface area contributed by atoms with E-state index in [0.29, 0.717) is 24.5 Å². The van der Waals surface area contributed by atoms with E-state index in [9.17, 15) is 4.79 Å². The van der Waals surface area contributed by atoms with E-state index in [4.69, 9.17) is 14.7 Å². The van der Waals surface area contributed by atoms with Gasteiger partial charge in [-0.3, -0.25) is 4.79 Å². The summed E-state index contributed by atoms with van der Waals surface area (Å²) in [7, 11) is 1.53. The monoisotopic (exact) mass is 339 g/mol. The normalized spacial score (nSPS) is 16.8. The van der Waals surface area contributed by atoms with Crippen molar-refractivity contribution in [3.63, 3.8) is 0 Å². The molecule has 1 atom stereocenters. The number of nitrogens with zero attached hydrogens (tertiary/aromatic N) is 5. The molecule has 25 heavy (non-hydrogen) atoms. The Balaban J connectivity index is 1.68. The molecule has 2 aromatic rings. The lowest BCUT2D eigenvalue weighted by molar-refractivity contribution is 0.0525. The van der Waals surface area contributed by atoms with Gasteiger partial charge in [-0.15, -0.1) is 0 Å². The number of methoxy groups -OCH3 is 1. The smallest absolute Gasteiger partial charge is 0.255 e. The molecule has 0 aliphatic carbocycles. The van der Waals surface area contributed by atoms with Crippen LogP contribution in [0.15, 0.2) is 30.7 Å². The standard InChI is InChI=1S/C17H17N5O3/c1-24-15-5-4-12(10-21-15)17(23)22-8-2-3-13(11-22)25-16-14(9-18)19-6-7-20-16/h4-7,10,13H,2-3,8,11H2,1H3. The summed E-state index contributed by atoms with van der Waals surface area (Å²) in [5, 5.41) is 9.07. The number of hydrogen-bond acceptors (Lipinski definition) is 7. The summed E-state index contributed by atoms with van der Waals surface area (Å²) < 4.78 is 10.8. The third kappa shape index (κ3) is 3.83. The van der Waals surface area contributed by atoms with Crippen molar-refractivity contribution in [2.24, 2.45) is 0 Å². The van der Waals surface area contributed by atoms with Gasteiger partial charge in [-0.25, -0.2) is 15.0 Å². The molecule has 0 aromatic carbocycles. The number of likely N-dealkylation sites (tertiary alicyclic amines) is 1. The Morgan fingerprint density at radius 1 is 1.32 bits per heavy atom. The highest BCUT2D eigenvalue weighted by atomic mass is 16.5. The maximum atomic E-state index is 12.6. The van der Waals surface area contributed by atoms with Crippen LogP contribution in [0.1, 0.15) is 28.9 Å². The number of hydrogen-bond donors (Lipinski definition) is 0. The molecule has 3 rings (SSSR count). The minimum Gasteiger partial charge on any atom is -0.481 e. The molecule has 2 aromatic heterocycles. The highest BCUT2D eigenvalue weighted by molar-refractivity contribution is 5.94. The number of aromatic nitrogens is 3. The van der Waals surface area contributed by atoms with Gasteiger partial charge < -0.3 is 14.4 Å². The van der Waals surface area contributed by atoms with Crippen LogP contribution in [0.5, 0.6) is 11.8 Å². The number of carbonyl (C=O) groups is 1. The van der Waals surface area contributed by atoms with E-state index in [0.717, 1.165) is 12.8 Å². The van der Waals surface area contributed by atoms with Crippen LogP contribution >= 0.6 is 0 Å². The number of ether oxygens (including phenoxy) is 2. The van der Waals surface area contributed by atoms with Crippen LogP contribution in [0.2, 0.25) is 0 Å². The topological polar surface area (TPSA) is 101 Å². The average molecular weight is 339 g/mol. The van der Waals surface area contributed by atoms with E-state index in [-0.39, 0.29) is 23.6 Å². The zero-order valence-electron chi connectivity index (χ0n) is 13.8. The quantitative estimate of drug-likeness (QED) is 0.830. The molecule has 0 bridgehead atoms. The van der Waals surface area contributed by atoms with Gasteiger partial charge in [0.1, 0.15) is 12.2 Å². The molecule has 1 aliphatic rings. The Bertz CT molecular complexity index is 788. The summed E-state index contributed by atoms with van der Waals surface area (Å²) in [4.78, 5) is 26.4. The fourth-order valence-corrected chi connectivity index (χ4v) is 2.68. The van der Waals surface area contributed by atoms with Gasteiger partial charge in [-0.1, -0.05) is 0 Å². The molecule has 1 fully saturated rings. The van der Waals surface area contributed by atoms with Gasteiger partial charge in [0.15, 0.2) is 0 Å². The second kappa shape index (κ2) is 7.57. The van der Waals surface area contributed by atoms with Crippen molar-refractivity contribution >= 4 is 5.91 Å². The van der Waals surface area contributed by atoms with Crippen LogP contribution < -0.4 is 9.47 Å². The SMILES string of the molecule is COc1ccc(C(=O)N2CCCC(Oc3nccnc3C#N)C2)cn1. The first kappa shape index (κ1) is 16.6. The highest BCUT2D eigenvalue weighted by Gasteiger charge is 2.27. The maximum absolute atomic E-state index is 12.6. The summed E-state index contributed by atoms with van der Waals surface area (Å²) in [5.74, 6) is 0.557. The maximum Gasteiger partial charge on any atom is 0.255 e. The molecule has 0 radical (unpaired) electrons. The number of carbonyl (C=O) groups excluding carboxylic acids is 1. The Labute approximate surface area is 145 Å². The molecule has 128 valence electrons. The van der Waals surface area contributed by atoms with E-state index >= 15 is 0 Å². The van der Waals surface area contributed by atoms with Gasteiger partial charge in [0, 0.05) is 31.2 Å². The second-order valence-electron chi connectivity index (χ2n) is 5.54. The Morgan fingerprint density at radius 2 is 2.16 bits per heavy atom. The van der Waals surface area contributed by atoms with Crippen molar-refractivity contribution in [1.82, 2.24) is 19.9 Å². The summed E-state index contributed by atoms with van der Waals surface area (Å²) in [5.41, 5.74) is 0.643. The Morgan fingerprint density at radius 3 is 2.88 bits per heavy atom. The average Bonchev–Trinajstić information content (AvgIpc) is 2.68. The molecule has 0 saturated carbocycles. The fourth-order valence-electron chi connectivity index (χ4n) is 2.68. The Kier molecular flexibility index (Phi) is 5.04. The fraction of sp³-hybridized carbons (Fsp3) is 0.353. The zero-order chi connectivity index (χ0) is 17.6. The van der Waals surface area contributed by atoms with Crippen LogP contribution in [0.25, 0.3) is 0 Å².